The lowest BCUT2D eigenvalue weighted by Crippen LogP contribution is -2.10. The molecule has 0 fully saturated rings. The number of aromatic nitrogens is 2. The van der Waals surface area contributed by atoms with Crippen LogP contribution in [0.25, 0.3) is 0 Å². The highest BCUT2D eigenvalue weighted by atomic mass is 32.2. The summed E-state index contributed by atoms with van der Waals surface area (Å²) in [6, 6.07) is 0. The maximum absolute atomic E-state index is 10.6. The lowest BCUT2D eigenvalue weighted by atomic mass is 10.4. The Morgan fingerprint density at radius 3 is 2.90 bits per heavy atom. The van der Waals surface area contributed by atoms with Gasteiger partial charge in [0.25, 0.3) is 0 Å². The average Bonchev–Trinajstić information content (AvgIpc) is 1.94. The van der Waals surface area contributed by atoms with E-state index in [-0.39, 0.29) is 5.69 Å². The van der Waals surface area contributed by atoms with E-state index in [0.29, 0.717) is 0 Å². The van der Waals surface area contributed by atoms with E-state index < -0.39 is 0 Å². The predicted octanol–water partition coefficient (Wildman–Crippen LogP) is 0.800. The van der Waals surface area contributed by atoms with Crippen molar-refractivity contribution in [3.05, 3.63) is 22.2 Å². The molecule has 0 aliphatic carbocycles. The normalized spacial score (nSPS) is 9.80. The number of nitrogens with one attached hydrogen (secondary N) is 1. The molecule has 0 spiro atoms. The van der Waals surface area contributed by atoms with E-state index in [4.69, 9.17) is 0 Å². The molecule has 0 bridgehead atoms. The Bertz CT molecular complexity index is 281. The van der Waals surface area contributed by atoms with Gasteiger partial charge in [0.2, 0.25) is 0 Å². The highest BCUT2D eigenvalue weighted by Crippen LogP contribution is 2.12. The molecule has 1 N–H and O–H groups in total. The van der Waals surface area contributed by atoms with Gasteiger partial charge in [0.1, 0.15) is 5.03 Å². The first-order valence-corrected chi connectivity index (χ1v) is 4.07. The van der Waals surface area contributed by atoms with E-state index in [1.807, 2.05) is 13.2 Å². The minimum atomic E-state index is -0.282. The van der Waals surface area contributed by atoms with Crippen LogP contribution >= 0.6 is 11.8 Å². The Morgan fingerprint density at radius 1 is 1.70 bits per heavy atom. The molecule has 3 nitrogen and oxygen atoms in total. The van der Waals surface area contributed by atoms with Gasteiger partial charge in [-0.3, -0.25) is 0 Å². The molecule has 1 aromatic heterocycles. The van der Waals surface area contributed by atoms with Crippen molar-refractivity contribution in [1.29, 1.82) is 0 Å². The second kappa shape index (κ2) is 2.88. The van der Waals surface area contributed by atoms with Crippen molar-refractivity contribution in [2.45, 2.75) is 11.9 Å². The molecule has 0 saturated heterocycles. The van der Waals surface area contributed by atoms with Crippen LogP contribution in [0.2, 0.25) is 0 Å². The highest BCUT2D eigenvalue weighted by molar-refractivity contribution is 7.98. The van der Waals surface area contributed by atoms with E-state index in [9.17, 15) is 4.79 Å². The molecule has 0 aromatic carbocycles. The number of thioether (sulfide) groups is 1. The average molecular weight is 156 g/mol. The van der Waals surface area contributed by atoms with Crippen molar-refractivity contribution in [2.75, 3.05) is 6.26 Å². The topological polar surface area (TPSA) is 45.8 Å². The smallest absolute Gasteiger partial charge is 0.312 e. The van der Waals surface area contributed by atoms with Crippen LogP contribution in [0, 0.1) is 6.92 Å². The molecular formula is C6H8N2OS. The number of aryl methyl sites for hydroxylation is 1. The number of hydrogen-bond acceptors (Lipinski definition) is 3. The van der Waals surface area contributed by atoms with Crippen LogP contribution in [-0.4, -0.2) is 16.2 Å². The number of H-pyrrole nitrogens is 1. The summed E-state index contributed by atoms with van der Waals surface area (Å²) in [6.07, 6.45) is 3.57. The Balaban J connectivity index is 3.22. The minimum absolute atomic E-state index is 0.282. The second-order valence-electron chi connectivity index (χ2n) is 1.90. The van der Waals surface area contributed by atoms with Crippen molar-refractivity contribution in [1.82, 2.24) is 9.97 Å². The third-order valence-corrected chi connectivity index (χ3v) is 1.95. The molecule has 0 aliphatic heterocycles. The summed E-state index contributed by atoms with van der Waals surface area (Å²) in [7, 11) is 0. The fourth-order valence-electron chi connectivity index (χ4n) is 0.651. The summed E-state index contributed by atoms with van der Waals surface area (Å²) in [4.78, 5) is 16.9. The Kier molecular flexibility index (Phi) is 2.11. The first kappa shape index (κ1) is 7.34. The highest BCUT2D eigenvalue weighted by Gasteiger charge is 1.96. The van der Waals surface area contributed by atoms with Gasteiger partial charge in [0.15, 0.2) is 0 Å². The summed E-state index contributed by atoms with van der Waals surface area (Å²) in [5.41, 5.74) is 0.724. The van der Waals surface area contributed by atoms with E-state index in [1.165, 1.54) is 11.8 Å². The molecule has 1 aromatic rings. The first-order valence-electron chi connectivity index (χ1n) is 2.84. The summed E-state index contributed by atoms with van der Waals surface area (Å²) in [6.45, 7) is 1.91. The number of nitrogens with zero attached hydrogens (tertiary/aromatic N) is 1. The van der Waals surface area contributed by atoms with Crippen LogP contribution < -0.4 is 5.69 Å². The maximum atomic E-state index is 10.6. The lowest BCUT2D eigenvalue weighted by molar-refractivity contribution is 0.948. The van der Waals surface area contributed by atoms with Crippen LogP contribution in [0.5, 0.6) is 0 Å². The quantitative estimate of drug-likeness (QED) is 0.483. The van der Waals surface area contributed by atoms with Crippen LogP contribution in [0.3, 0.4) is 0 Å². The zero-order valence-corrected chi connectivity index (χ0v) is 6.66. The van der Waals surface area contributed by atoms with Crippen LogP contribution in [-0.2, 0) is 0 Å². The molecule has 0 saturated carbocycles. The molecule has 0 atom stereocenters. The fourth-order valence-corrected chi connectivity index (χ4v) is 1.21. The van der Waals surface area contributed by atoms with Gasteiger partial charge in [-0.25, -0.2) is 4.79 Å². The van der Waals surface area contributed by atoms with Crippen LogP contribution in [0.4, 0.5) is 0 Å². The predicted molar refractivity (Wildman–Crippen MR) is 41.4 cm³/mol. The zero-order chi connectivity index (χ0) is 7.56. The summed E-state index contributed by atoms with van der Waals surface area (Å²) in [5, 5.41) is 0.795. The van der Waals surface area contributed by atoms with Crippen molar-refractivity contribution in [3.63, 3.8) is 0 Å². The molecule has 0 aliphatic rings. The maximum Gasteiger partial charge on any atom is 0.345 e. The largest absolute Gasteiger partial charge is 0.345 e. The Hall–Kier alpha value is -0.770. The molecule has 1 rings (SSSR count). The van der Waals surface area contributed by atoms with Gasteiger partial charge in [0.05, 0.1) is 0 Å². The van der Waals surface area contributed by atoms with Gasteiger partial charge >= 0.3 is 5.69 Å². The second-order valence-corrected chi connectivity index (χ2v) is 2.69. The molecular weight excluding hydrogens is 148 g/mol. The molecule has 0 amide bonds. The van der Waals surface area contributed by atoms with Crippen molar-refractivity contribution in [2.24, 2.45) is 0 Å². The molecule has 10 heavy (non-hydrogen) atoms. The van der Waals surface area contributed by atoms with Crippen LogP contribution in [0.1, 0.15) is 5.56 Å². The van der Waals surface area contributed by atoms with E-state index in [0.717, 1.165) is 10.6 Å². The lowest BCUT2D eigenvalue weighted by Gasteiger charge is -1.96. The van der Waals surface area contributed by atoms with E-state index in [2.05, 4.69) is 9.97 Å². The minimum Gasteiger partial charge on any atom is -0.312 e. The standard InChI is InChI=1S/C6H8N2OS/c1-4-3-7-6(9)8-5(4)10-2/h3H,1-2H3,(H,7,8,9). The summed E-state index contributed by atoms with van der Waals surface area (Å²) in [5.74, 6) is 0. The third kappa shape index (κ3) is 1.39. The SMILES string of the molecule is CSc1nc(=O)[nH]cc1C. The van der Waals surface area contributed by atoms with Gasteiger partial charge in [0, 0.05) is 6.20 Å². The Labute approximate surface area is 62.9 Å². The summed E-state index contributed by atoms with van der Waals surface area (Å²) >= 11 is 1.48. The Morgan fingerprint density at radius 2 is 2.40 bits per heavy atom. The molecule has 54 valence electrons. The van der Waals surface area contributed by atoms with Gasteiger partial charge in [-0.15, -0.1) is 11.8 Å². The van der Waals surface area contributed by atoms with Gasteiger partial charge in [-0.2, -0.15) is 4.98 Å². The van der Waals surface area contributed by atoms with Gasteiger partial charge in [-0.05, 0) is 18.7 Å². The van der Waals surface area contributed by atoms with E-state index in [1.54, 1.807) is 6.20 Å². The van der Waals surface area contributed by atoms with Crippen LogP contribution in [0.15, 0.2) is 16.0 Å². The first-order chi connectivity index (χ1) is 4.74. The molecule has 0 radical (unpaired) electrons. The number of rotatable bonds is 1. The molecule has 4 heteroatoms. The fraction of sp³-hybridized carbons (Fsp3) is 0.333. The van der Waals surface area contributed by atoms with Crippen molar-refractivity contribution in [3.8, 4) is 0 Å². The third-order valence-electron chi connectivity index (χ3n) is 1.15. The van der Waals surface area contributed by atoms with Crippen molar-refractivity contribution < 1.29 is 0 Å². The summed E-state index contributed by atoms with van der Waals surface area (Å²) < 4.78 is 0. The van der Waals surface area contributed by atoms with Gasteiger partial charge in [-0.1, -0.05) is 0 Å². The molecule has 0 unspecified atom stereocenters. The van der Waals surface area contributed by atoms with Crippen molar-refractivity contribution >= 4 is 11.8 Å². The van der Waals surface area contributed by atoms with Gasteiger partial charge < -0.3 is 4.98 Å². The van der Waals surface area contributed by atoms with E-state index >= 15 is 0 Å². The zero-order valence-electron chi connectivity index (χ0n) is 5.84. The number of aromatic amines is 1. The molecule has 1 heterocycles. The monoisotopic (exact) mass is 156 g/mol. The number of hydrogen-bond donors (Lipinski definition) is 1.